The van der Waals surface area contributed by atoms with E-state index in [0.29, 0.717) is 0 Å². The third-order valence-corrected chi connectivity index (χ3v) is 11.6. The molecule has 2 aromatic heterocycles. The fraction of sp³-hybridized carbons (Fsp3) is 0. The van der Waals surface area contributed by atoms with E-state index in [1.807, 2.05) is 17.4 Å². The Balaban J connectivity index is 1.12. The first-order valence-corrected chi connectivity index (χ1v) is 18.2. The maximum atomic E-state index is 6.65. The van der Waals surface area contributed by atoms with Gasteiger partial charge in [0, 0.05) is 36.6 Å². The molecule has 2 heterocycles. The van der Waals surface area contributed by atoms with Crippen LogP contribution in [-0.2, 0) is 0 Å². The Kier molecular flexibility index (Phi) is 6.16. The van der Waals surface area contributed by atoms with Crippen molar-refractivity contribution in [1.29, 1.82) is 0 Å². The molecule has 0 atom stereocenters. The Labute approximate surface area is 298 Å². The molecule has 9 aromatic carbocycles. The summed E-state index contributed by atoms with van der Waals surface area (Å²) in [6, 6.07) is 63.7. The number of nitrogens with zero attached hydrogens (tertiary/aromatic N) is 1. The molecule has 51 heavy (non-hydrogen) atoms. The van der Waals surface area contributed by atoms with Crippen LogP contribution in [0.25, 0.3) is 85.6 Å². The minimum absolute atomic E-state index is 0.882. The van der Waals surface area contributed by atoms with Gasteiger partial charge in [-0.25, -0.2) is 0 Å². The van der Waals surface area contributed by atoms with Gasteiger partial charge in [-0.05, 0) is 92.0 Å². The molecule has 0 bridgehead atoms. The first-order chi connectivity index (χ1) is 25.3. The standard InChI is InChI=1S/C48H29NOS/c1-2-13-35-33(11-1)34-12-3-4-14-36(34)41-29-31(25-28-37(35)41)30-23-26-32(27-24-30)49(42-18-10-22-46-47(42)40-16-6-8-21-45(40)51-46)43-19-9-17-39-38-15-5-7-20-44(38)50-48(39)43/h1-29H. The van der Waals surface area contributed by atoms with Crippen molar-refractivity contribution in [1.82, 2.24) is 0 Å². The molecule has 2 nitrogen and oxygen atoms in total. The summed E-state index contributed by atoms with van der Waals surface area (Å²) in [7, 11) is 0. The molecule has 0 unspecified atom stereocenters. The lowest BCUT2D eigenvalue weighted by Crippen LogP contribution is -2.10. The molecule has 0 aliphatic carbocycles. The minimum Gasteiger partial charge on any atom is -0.454 e. The summed E-state index contributed by atoms with van der Waals surface area (Å²) >= 11 is 1.84. The van der Waals surface area contributed by atoms with E-state index in [1.54, 1.807) is 0 Å². The van der Waals surface area contributed by atoms with Gasteiger partial charge in [-0.1, -0.05) is 127 Å². The summed E-state index contributed by atoms with van der Waals surface area (Å²) in [4.78, 5) is 2.38. The van der Waals surface area contributed by atoms with Crippen molar-refractivity contribution >= 4 is 103 Å². The zero-order valence-electron chi connectivity index (χ0n) is 27.5. The highest BCUT2D eigenvalue weighted by Crippen LogP contribution is 2.48. The predicted octanol–water partition coefficient (Wildman–Crippen LogP) is 14.6. The molecule has 0 amide bonds. The van der Waals surface area contributed by atoms with Crippen LogP contribution in [0, 0.1) is 0 Å². The van der Waals surface area contributed by atoms with Crippen molar-refractivity contribution in [3.05, 3.63) is 176 Å². The topological polar surface area (TPSA) is 16.4 Å². The third kappa shape index (κ3) is 4.29. The van der Waals surface area contributed by atoms with Gasteiger partial charge in [0.15, 0.2) is 5.58 Å². The van der Waals surface area contributed by atoms with Crippen LogP contribution >= 0.6 is 11.3 Å². The van der Waals surface area contributed by atoms with E-state index in [1.165, 1.54) is 63.6 Å². The average Bonchev–Trinajstić information content (AvgIpc) is 3.78. The second-order valence-corrected chi connectivity index (χ2v) is 14.3. The first-order valence-electron chi connectivity index (χ1n) is 17.3. The van der Waals surface area contributed by atoms with Crippen LogP contribution in [0.2, 0.25) is 0 Å². The molecule has 0 saturated heterocycles. The van der Waals surface area contributed by atoms with E-state index in [4.69, 9.17) is 4.42 Å². The monoisotopic (exact) mass is 667 g/mol. The van der Waals surface area contributed by atoms with Crippen LogP contribution in [0.4, 0.5) is 17.1 Å². The van der Waals surface area contributed by atoms with Gasteiger partial charge in [-0.15, -0.1) is 11.3 Å². The lowest BCUT2D eigenvalue weighted by molar-refractivity contribution is 0.669. The highest BCUT2D eigenvalue weighted by atomic mass is 32.1. The van der Waals surface area contributed by atoms with E-state index in [9.17, 15) is 0 Å². The number of anilines is 3. The molecule has 0 aliphatic heterocycles. The van der Waals surface area contributed by atoms with E-state index in [0.717, 1.165) is 39.0 Å². The molecule has 3 heteroatoms. The number of fused-ring (bicyclic) bond motifs is 12. The van der Waals surface area contributed by atoms with Crippen molar-refractivity contribution in [2.24, 2.45) is 0 Å². The van der Waals surface area contributed by atoms with E-state index >= 15 is 0 Å². The van der Waals surface area contributed by atoms with Crippen molar-refractivity contribution in [3.8, 4) is 11.1 Å². The molecule has 0 spiro atoms. The van der Waals surface area contributed by atoms with Crippen LogP contribution in [0.15, 0.2) is 180 Å². The van der Waals surface area contributed by atoms with Crippen molar-refractivity contribution in [2.75, 3.05) is 4.90 Å². The molecule has 11 rings (SSSR count). The summed E-state index contributed by atoms with van der Waals surface area (Å²) in [5, 5.41) is 12.5. The highest BCUT2D eigenvalue weighted by Gasteiger charge is 2.22. The highest BCUT2D eigenvalue weighted by molar-refractivity contribution is 7.26. The maximum absolute atomic E-state index is 6.65. The zero-order chi connectivity index (χ0) is 33.5. The van der Waals surface area contributed by atoms with Crippen LogP contribution in [0.3, 0.4) is 0 Å². The summed E-state index contributed by atoms with van der Waals surface area (Å²) in [5.74, 6) is 0. The van der Waals surface area contributed by atoms with Crippen molar-refractivity contribution in [2.45, 2.75) is 0 Å². The van der Waals surface area contributed by atoms with Gasteiger partial charge in [-0.2, -0.15) is 0 Å². The smallest absolute Gasteiger partial charge is 0.159 e. The lowest BCUT2D eigenvalue weighted by Gasteiger charge is -2.26. The Hall–Kier alpha value is -6.42. The van der Waals surface area contributed by atoms with E-state index in [-0.39, 0.29) is 0 Å². The van der Waals surface area contributed by atoms with E-state index in [2.05, 4.69) is 175 Å². The molecule has 0 radical (unpaired) electrons. The third-order valence-electron chi connectivity index (χ3n) is 10.4. The Bertz CT molecular complexity index is 3110. The lowest BCUT2D eigenvalue weighted by atomic mass is 9.92. The van der Waals surface area contributed by atoms with E-state index < -0.39 is 0 Å². The van der Waals surface area contributed by atoms with Crippen LogP contribution in [0.5, 0.6) is 0 Å². The van der Waals surface area contributed by atoms with Gasteiger partial charge >= 0.3 is 0 Å². The van der Waals surface area contributed by atoms with Crippen LogP contribution in [0.1, 0.15) is 0 Å². The van der Waals surface area contributed by atoms with Crippen molar-refractivity contribution in [3.63, 3.8) is 0 Å². The Morgan fingerprint density at radius 3 is 1.69 bits per heavy atom. The van der Waals surface area contributed by atoms with Gasteiger partial charge in [0.05, 0.1) is 11.4 Å². The number of hydrogen-bond donors (Lipinski definition) is 0. The van der Waals surface area contributed by atoms with Gasteiger partial charge < -0.3 is 9.32 Å². The number of para-hydroxylation sites is 2. The number of furan rings is 1. The fourth-order valence-electron chi connectivity index (χ4n) is 8.15. The fourth-order valence-corrected chi connectivity index (χ4v) is 9.28. The summed E-state index contributed by atoms with van der Waals surface area (Å²) < 4.78 is 9.20. The molecule has 0 saturated carbocycles. The second kappa shape index (κ2) is 11.0. The quantitative estimate of drug-likeness (QED) is 0.174. The predicted molar refractivity (Wildman–Crippen MR) is 219 cm³/mol. The summed E-state index contributed by atoms with van der Waals surface area (Å²) in [6.45, 7) is 0. The van der Waals surface area contributed by atoms with Crippen LogP contribution < -0.4 is 4.90 Å². The Morgan fingerprint density at radius 2 is 0.922 bits per heavy atom. The molecular formula is C48H29NOS. The van der Waals surface area contributed by atoms with Gasteiger partial charge in [0.1, 0.15) is 5.58 Å². The SMILES string of the molecule is c1ccc2c(c1)oc1c(N(c3ccc(-c4ccc5c6ccccc6c6ccccc6c5c4)cc3)c3cccc4sc5ccccc5c34)cccc12. The van der Waals surface area contributed by atoms with Crippen LogP contribution in [-0.4, -0.2) is 0 Å². The molecule has 0 aliphatic rings. The normalized spacial score (nSPS) is 11.9. The summed E-state index contributed by atoms with van der Waals surface area (Å²) in [5.41, 5.74) is 7.38. The molecule has 0 N–H and O–H groups in total. The van der Waals surface area contributed by atoms with Gasteiger partial charge in [-0.3, -0.25) is 0 Å². The zero-order valence-corrected chi connectivity index (χ0v) is 28.3. The number of benzene rings is 9. The molecule has 238 valence electrons. The van der Waals surface area contributed by atoms with Crippen molar-refractivity contribution < 1.29 is 4.42 Å². The van der Waals surface area contributed by atoms with Gasteiger partial charge in [0.2, 0.25) is 0 Å². The second-order valence-electron chi connectivity index (χ2n) is 13.2. The first kappa shape index (κ1) is 28.4. The number of rotatable bonds is 4. The molecule has 11 aromatic rings. The molecular weight excluding hydrogens is 639 g/mol. The molecule has 0 fully saturated rings. The Morgan fingerprint density at radius 1 is 0.373 bits per heavy atom. The largest absolute Gasteiger partial charge is 0.454 e. The number of thiophene rings is 1. The average molecular weight is 668 g/mol. The summed E-state index contributed by atoms with van der Waals surface area (Å²) in [6.07, 6.45) is 0. The number of hydrogen-bond acceptors (Lipinski definition) is 3. The maximum Gasteiger partial charge on any atom is 0.159 e. The van der Waals surface area contributed by atoms with Gasteiger partial charge in [0.25, 0.3) is 0 Å². The minimum atomic E-state index is 0.882.